The molecule has 2 heteroatoms. The smallest absolute Gasteiger partial charge is 0.0602 e. The number of para-hydroxylation sites is 2. The van der Waals surface area contributed by atoms with Gasteiger partial charge in [0, 0.05) is 20.1 Å². The van der Waals surface area contributed by atoms with Crippen molar-refractivity contribution in [3.8, 4) is 0 Å². The number of benzene rings is 1. The maximum atomic E-state index is 3.27. The minimum absolute atomic E-state index is 0.625. The van der Waals surface area contributed by atoms with E-state index >= 15 is 0 Å². The van der Waals surface area contributed by atoms with Gasteiger partial charge in [0.15, 0.2) is 0 Å². The molecule has 0 saturated heterocycles. The van der Waals surface area contributed by atoms with Crippen LogP contribution in [0.4, 0.5) is 11.4 Å². The number of nitrogens with one attached hydrogen (secondary N) is 1. The molecule has 18 heavy (non-hydrogen) atoms. The van der Waals surface area contributed by atoms with Gasteiger partial charge in [0.1, 0.15) is 0 Å². The van der Waals surface area contributed by atoms with Gasteiger partial charge in [-0.15, -0.1) is 0 Å². The first-order valence-electron chi connectivity index (χ1n) is 6.91. The van der Waals surface area contributed by atoms with Crippen LogP contribution in [0.2, 0.25) is 0 Å². The predicted octanol–water partition coefficient (Wildman–Crippen LogP) is 4.16. The second-order valence-electron chi connectivity index (χ2n) is 4.50. The van der Waals surface area contributed by atoms with Gasteiger partial charge in [-0.3, -0.25) is 0 Å². The fraction of sp³-hybridized carbons (Fsp3) is 0.500. The molecule has 0 aliphatic rings. The zero-order valence-corrected chi connectivity index (χ0v) is 12.1. The first-order valence-corrected chi connectivity index (χ1v) is 6.91. The van der Waals surface area contributed by atoms with Gasteiger partial charge in [-0.05, 0) is 38.3 Å². The van der Waals surface area contributed by atoms with Gasteiger partial charge in [0.25, 0.3) is 0 Å². The van der Waals surface area contributed by atoms with E-state index in [9.17, 15) is 0 Å². The Hall–Kier alpha value is -1.44. The van der Waals surface area contributed by atoms with E-state index in [-0.39, 0.29) is 0 Å². The third-order valence-corrected chi connectivity index (χ3v) is 3.34. The van der Waals surface area contributed by atoms with Crippen molar-refractivity contribution in [2.45, 2.75) is 27.2 Å². The fourth-order valence-electron chi connectivity index (χ4n) is 2.24. The largest absolute Gasteiger partial charge is 0.386 e. The maximum absolute atomic E-state index is 3.27. The Morgan fingerprint density at radius 1 is 1.28 bits per heavy atom. The van der Waals surface area contributed by atoms with E-state index in [1.165, 1.54) is 17.8 Å². The van der Waals surface area contributed by atoms with Crippen LogP contribution in [0.1, 0.15) is 27.2 Å². The molecule has 1 unspecified atom stereocenters. The number of rotatable bonds is 7. The average Bonchev–Trinajstić information content (AvgIpc) is 2.43. The summed E-state index contributed by atoms with van der Waals surface area (Å²) in [5.74, 6) is 0.625. The van der Waals surface area contributed by atoms with Crippen LogP contribution >= 0.6 is 0 Å². The van der Waals surface area contributed by atoms with Gasteiger partial charge in [0.05, 0.1) is 11.4 Å². The molecule has 0 radical (unpaired) electrons. The van der Waals surface area contributed by atoms with E-state index < -0.39 is 0 Å². The molecule has 0 heterocycles. The van der Waals surface area contributed by atoms with Crippen LogP contribution in [-0.2, 0) is 0 Å². The highest BCUT2D eigenvalue weighted by Crippen LogP contribution is 2.26. The van der Waals surface area contributed by atoms with Gasteiger partial charge in [0.2, 0.25) is 0 Å². The molecule has 1 N–H and O–H groups in total. The molecule has 0 bridgehead atoms. The van der Waals surface area contributed by atoms with E-state index in [1.807, 2.05) is 7.05 Å². The number of hydrogen-bond donors (Lipinski definition) is 1. The monoisotopic (exact) mass is 246 g/mol. The lowest BCUT2D eigenvalue weighted by atomic mass is 10.0. The molecule has 0 amide bonds. The summed E-state index contributed by atoms with van der Waals surface area (Å²) < 4.78 is 0. The van der Waals surface area contributed by atoms with E-state index in [2.05, 4.69) is 67.4 Å². The summed E-state index contributed by atoms with van der Waals surface area (Å²) in [6.07, 6.45) is 5.65. The zero-order valence-electron chi connectivity index (χ0n) is 12.1. The van der Waals surface area contributed by atoms with Gasteiger partial charge in [-0.25, -0.2) is 0 Å². The number of nitrogens with zero attached hydrogens (tertiary/aromatic N) is 1. The topological polar surface area (TPSA) is 15.3 Å². The van der Waals surface area contributed by atoms with E-state index in [4.69, 9.17) is 0 Å². The summed E-state index contributed by atoms with van der Waals surface area (Å²) >= 11 is 0. The molecule has 1 aromatic rings. The highest BCUT2D eigenvalue weighted by Gasteiger charge is 2.12. The highest BCUT2D eigenvalue weighted by atomic mass is 15.1. The van der Waals surface area contributed by atoms with Gasteiger partial charge >= 0.3 is 0 Å². The van der Waals surface area contributed by atoms with Gasteiger partial charge in [-0.2, -0.15) is 0 Å². The Labute approximate surface area is 112 Å². The number of allylic oxidation sites excluding steroid dienone is 1. The molecule has 0 aliphatic carbocycles. The fourth-order valence-corrected chi connectivity index (χ4v) is 2.24. The minimum Gasteiger partial charge on any atom is -0.386 e. The Bertz CT molecular complexity index is 371. The van der Waals surface area contributed by atoms with Crippen LogP contribution in [-0.4, -0.2) is 20.1 Å². The standard InChI is InChI=1S/C16H26N2/c1-5-10-14(6-2)13-18(7-3)16-12-9-8-11-15(16)17-4/h5,8-12,14,17H,6-7,13H2,1-4H3. The third kappa shape index (κ3) is 3.80. The maximum Gasteiger partial charge on any atom is 0.0602 e. The molecule has 0 spiro atoms. The molecule has 0 aliphatic heterocycles. The minimum atomic E-state index is 0.625. The molecule has 0 saturated carbocycles. The normalized spacial score (nSPS) is 12.7. The van der Waals surface area contributed by atoms with Crippen molar-refractivity contribution < 1.29 is 0 Å². The highest BCUT2D eigenvalue weighted by molar-refractivity contribution is 5.69. The summed E-state index contributed by atoms with van der Waals surface area (Å²) in [5.41, 5.74) is 2.50. The van der Waals surface area contributed by atoms with E-state index in [1.54, 1.807) is 0 Å². The molecular formula is C16H26N2. The van der Waals surface area contributed by atoms with Crippen LogP contribution in [0, 0.1) is 5.92 Å². The second kappa shape index (κ2) is 7.80. The van der Waals surface area contributed by atoms with Crippen LogP contribution in [0.3, 0.4) is 0 Å². The molecule has 1 atom stereocenters. The average molecular weight is 246 g/mol. The summed E-state index contributed by atoms with van der Waals surface area (Å²) in [7, 11) is 1.98. The van der Waals surface area contributed by atoms with E-state index in [0.717, 1.165) is 13.1 Å². The van der Waals surface area contributed by atoms with Crippen molar-refractivity contribution in [1.82, 2.24) is 0 Å². The van der Waals surface area contributed by atoms with Crippen molar-refractivity contribution in [2.75, 3.05) is 30.4 Å². The molecule has 2 nitrogen and oxygen atoms in total. The quantitative estimate of drug-likeness (QED) is 0.727. The molecule has 100 valence electrons. The SMILES string of the molecule is CC=CC(CC)CN(CC)c1ccccc1NC. The van der Waals surface area contributed by atoms with Gasteiger partial charge < -0.3 is 10.2 Å². The van der Waals surface area contributed by atoms with Crippen molar-refractivity contribution in [1.29, 1.82) is 0 Å². The van der Waals surface area contributed by atoms with Crippen molar-refractivity contribution in [3.63, 3.8) is 0 Å². The lowest BCUT2D eigenvalue weighted by Crippen LogP contribution is -2.29. The Kier molecular flexibility index (Phi) is 6.34. The summed E-state index contributed by atoms with van der Waals surface area (Å²) in [4.78, 5) is 2.44. The molecule has 1 rings (SSSR count). The number of anilines is 2. The second-order valence-corrected chi connectivity index (χ2v) is 4.50. The molecule has 1 aromatic carbocycles. The van der Waals surface area contributed by atoms with E-state index in [0.29, 0.717) is 5.92 Å². The Balaban J connectivity index is 2.88. The predicted molar refractivity (Wildman–Crippen MR) is 82.5 cm³/mol. The lowest BCUT2D eigenvalue weighted by molar-refractivity contribution is 0.602. The van der Waals surface area contributed by atoms with Crippen LogP contribution < -0.4 is 10.2 Å². The first-order chi connectivity index (χ1) is 8.76. The first kappa shape index (κ1) is 14.6. The Morgan fingerprint density at radius 3 is 2.56 bits per heavy atom. The van der Waals surface area contributed by atoms with Crippen molar-refractivity contribution in [2.24, 2.45) is 5.92 Å². The Morgan fingerprint density at radius 2 is 2.00 bits per heavy atom. The summed E-state index contributed by atoms with van der Waals surface area (Å²) in [6.45, 7) is 8.68. The van der Waals surface area contributed by atoms with Gasteiger partial charge in [-0.1, -0.05) is 31.2 Å². The molecule has 0 aromatic heterocycles. The molecule has 0 fully saturated rings. The zero-order chi connectivity index (χ0) is 13.4. The summed E-state index contributed by atoms with van der Waals surface area (Å²) in [5, 5.41) is 3.27. The van der Waals surface area contributed by atoms with Crippen molar-refractivity contribution in [3.05, 3.63) is 36.4 Å². The van der Waals surface area contributed by atoms with Crippen LogP contribution in [0.25, 0.3) is 0 Å². The van der Waals surface area contributed by atoms with Crippen LogP contribution in [0.5, 0.6) is 0 Å². The lowest BCUT2D eigenvalue weighted by Gasteiger charge is -2.28. The van der Waals surface area contributed by atoms with Crippen molar-refractivity contribution >= 4 is 11.4 Å². The van der Waals surface area contributed by atoms with Crippen LogP contribution in [0.15, 0.2) is 36.4 Å². The molecular weight excluding hydrogens is 220 g/mol. The number of hydrogen-bond acceptors (Lipinski definition) is 2. The third-order valence-electron chi connectivity index (χ3n) is 3.34. The summed E-state index contributed by atoms with van der Waals surface area (Å²) in [6, 6.07) is 8.51.